The van der Waals surface area contributed by atoms with Crippen molar-refractivity contribution in [1.29, 1.82) is 0 Å². The first-order chi connectivity index (χ1) is 14.3. The van der Waals surface area contributed by atoms with Gasteiger partial charge >= 0.3 is 6.09 Å². The first kappa shape index (κ1) is 20.0. The van der Waals surface area contributed by atoms with Crippen molar-refractivity contribution in [3.05, 3.63) is 71.4 Å². The monoisotopic (exact) mass is 405 g/mol. The number of aromatic amines is 1. The number of carbonyl (C=O) groups is 2. The Morgan fingerprint density at radius 1 is 1.07 bits per heavy atom. The van der Waals surface area contributed by atoms with Crippen molar-refractivity contribution < 1.29 is 14.3 Å². The Morgan fingerprint density at radius 3 is 2.50 bits per heavy atom. The van der Waals surface area contributed by atoms with Crippen molar-refractivity contribution in [2.24, 2.45) is 0 Å². The van der Waals surface area contributed by atoms with Gasteiger partial charge in [-0.15, -0.1) is 0 Å². The van der Waals surface area contributed by atoms with Gasteiger partial charge in [-0.3, -0.25) is 4.79 Å². The smallest absolute Gasteiger partial charge is 0.408 e. The summed E-state index contributed by atoms with van der Waals surface area (Å²) in [7, 11) is 0. The summed E-state index contributed by atoms with van der Waals surface area (Å²) >= 11 is 0. The molecular weight excluding hydrogens is 378 g/mol. The van der Waals surface area contributed by atoms with Crippen LogP contribution in [0.15, 0.2) is 54.6 Å². The Bertz CT molecular complexity index is 1070. The standard InChI is InChI=1S/C24H27N3O3/c1-24(2,3)30-23(29)26-21(16-9-5-4-6-10-16)22(28)27-14-13-18-17-11-7-8-12-19(17)25-20(18)15-27/h4-12,21,25H,13-15H2,1-3H3,(H,26,29). The number of hydrogen-bond donors (Lipinski definition) is 2. The Kier molecular flexibility index (Phi) is 5.24. The topological polar surface area (TPSA) is 74.4 Å². The normalized spacial score (nSPS) is 14.8. The zero-order valence-electron chi connectivity index (χ0n) is 17.6. The molecule has 1 unspecified atom stereocenters. The lowest BCUT2D eigenvalue weighted by Gasteiger charge is -2.31. The van der Waals surface area contributed by atoms with E-state index in [1.807, 2.05) is 42.5 Å². The van der Waals surface area contributed by atoms with Crippen LogP contribution in [0.2, 0.25) is 0 Å². The number of H-pyrrole nitrogens is 1. The number of nitrogens with one attached hydrogen (secondary N) is 2. The maximum absolute atomic E-state index is 13.5. The molecule has 3 aromatic rings. The van der Waals surface area contributed by atoms with E-state index in [-0.39, 0.29) is 5.91 Å². The second-order valence-corrected chi connectivity index (χ2v) is 8.63. The highest BCUT2D eigenvalue weighted by Crippen LogP contribution is 2.29. The van der Waals surface area contributed by atoms with E-state index in [1.165, 1.54) is 10.9 Å². The molecule has 6 nitrogen and oxygen atoms in total. The number of nitrogens with zero attached hydrogens (tertiary/aromatic N) is 1. The van der Waals surface area contributed by atoms with E-state index in [1.54, 1.807) is 25.7 Å². The minimum absolute atomic E-state index is 0.142. The maximum atomic E-state index is 13.5. The second kappa shape index (κ2) is 7.86. The molecule has 4 rings (SSSR count). The fourth-order valence-electron chi connectivity index (χ4n) is 3.92. The third-order valence-electron chi connectivity index (χ3n) is 5.24. The largest absolute Gasteiger partial charge is 0.444 e. The number of benzene rings is 2. The summed E-state index contributed by atoms with van der Waals surface area (Å²) in [6.07, 6.45) is 0.173. The van der Waals surface area contributed by atoms with Gasteiger partial charge in [-0.2, -0.15) is 0 Å². The third kappa shape index (κ3) is 4.17. The van der Waals surface area contributed by atoms with Gasteiger partial charge in [0.2, 0.25) is 5.91 Å². The van der Waals surface area contributed by atoms with Crippen LogP contribution in [-0.4, -0.2) is 34.0 Å². The lowest BCUT2D eigenvalue weighted by atomic mass is 10.0. The van der Waals surface area contributed by atoms with Gasteiger partial charge in [-0.25, -0.2) is 4.79 Å². The molecule has 2 N–H and O–H groups in total. The molecule has 156 valence electrons. The number of ether oxygens (including phenoxy) is 1. The fraction of sp³-hybridized carbons (Fsp3) is 0.333. The molecule has 0 aliphatic carbocycles. The molecule has 1 atom stereocenters. The predicted octanol–water partition coefficient (Wildman–Crippen LogP) is 4.32. The zero-order valence-corrected chi connectivity index (χ0v) is 17.6. The molecule has 0 saturated carbocycles. The van der Waals surface area contributed by atoms with Crippen LogP contribution in [0.4, 0.5) is 4.79 Å². The van der Waals surface area contributed by atoms with Gasteiger partial charge in [0.25, 0.3) is 0 Å². The second-order valence-electron chi connectivity index (χ2n) is 8.63. The van der Waals surface area contributed by atoms with Crippen molar-refractivity contribution >= 4 is 22.9 Å². The van der Waals surface area contributed by atoms with Gasteiger partial charge in [-0.05, 0) is 44.4 Å². The maximum Gasteiger partial charge on any atom is 0.408 e. The highest BCUT2D eigenvalue weighted by molar-refractivity contribution is 5.89. The first-order valence-electron chi connectivity index (χ1n) is 10.2. The van der Waals surface area contributed by atoms with E-state index < -0.39 is 17.7 Å². The molecule has 0 bridgehead atoms. The number of aromatic nitrogens is 1. The van der Waals surface area contributed by atoms with Gasteiger partial charge in [0.15, 0.2) is 0 Å². The average molecular weight is 405 g/mol. The molecule has 2 amide bonds. The van der Waals surface area contributed by atoms with Crippen LogP contribution >= 0.6 is 0 Å². The van der Waals surface area contributed by atoms with Crippen molar-refractivity contribution in [2.45, 2.75) is 45.4 Å². The molecule has 2 aromatic carbocycles. The molecule has 1 aromatic heterocycles. The molecule has 0 saturated heterocycles. The van der Waals surface area contributed by atoms with Crippen LogP contribution in [0.5, 0.6) is 0 Å². The Labute approximate surface area is 176 Å². The molecule has 0 radical (unpaired) electrons. The lowest BCUT2D eigenvalue weighted by Crippen LogP contribution is -2.46. The van der Waals surface area contributed by atoms with Crippen LogP contribution in [0.3, 0.4) is 0 Å². The van der Waals surface area contributed by atoms with Crippen LogP contribution < -0.4 is 5.32 Å². The Balaban J connectivity index is 1.58. The van der Waals surface area contributed by atoms with Gasteiger partial charge in [0.05, 0.1) is 6.54 Å². The minimum atomic E-state index is -0.799. The summed E-state index contributed by atoms with van der Waals surface area (Å²) in [5.41, 5.74) is 3.50. The summed E-state index contributed by atoms with van der Waals surface area (Å²) in [6, 6.07) is 16.7. The number of alkyl carbamates (subject to hydrolysis) is 1. The highest BCUT2D eigenvalue weighted by atomic mass is 16.6. The van der Waals surface area contributed by atoms with E-state index in [0.29, 0.717) is 13.1 Å². The van der Waals surface area contributed by atoms with Gasteiger partial charge in [-0.1, -0.05) is 48.5 Å². The predicted molar refractivity (Wildman–Crippen MR) is 116 cm³/mol. The summed E-state index contributed by atoms with van der Waals surface area (Å²) < 4.78 is 5.40. The summed E-state index contributed by atoms with van der Waals surface area (Å²) in [5, 5.41) is 3.99. The first-order valence-corrected chi connectivity index (χ1v) is 10.2. The highest BCUT2D eigenvalue weighted by Gasteiger charge is 2.32. The Hall–Kier alpha value is -3.28. The van der Waals surface area contributed by atoms with E-state index in [9.17, 15) is 9.59 Å². The minimum Gasteiger partial charge on any atom is -0.444 e. The van der Waals surface area contributed by atoms with E-state index in [2.05, 4.69) is 22.4 Å². The summed E-state index contributed by atoms with van der Waals surface area (Å²) in [6.45, 7) is 6.49. The van der Waals surface area contributed by atoms with Gasteiger partial charge in [0, 0.05) is 23.1 Å². The van der Waals surface area contributed by atoms with Crippen LogP contribution in [0.1, 0.15) is 43.6 Å². The SMILES string of the molecule is CC(C)(C)OC(=O)NC(C(=O)N1CCc2c([nH]c3ccccc23)C1)c1ccccc1. The van der Waals surface area contributed by atoms with Crippen molar-refractivity contribution in [3.8, 4) is 0 Å². The molecule has 6 heteroatoms. The van der Waals surface area contributed by atoms with Crippen LogP contribution in [0.25, 0.3) is 10.9 Å². The Morgan fingerprint density at radius 2 is 1.77 bits per heavy atom. The number of rotatable bonds is 3. The van der Waals surface area contributed by atoms with Crippen LogP contribution in [0, 0.1) is 0 Å². The number of amides is 2. The molecule has 30 heavy (non-hydrogen) atoms. The van der Waals surface area contributed by atoms with Crippen molar-refractivity contribution in [3.63, 3.8) is 0 Å². The number of fused-ring (bicyclic) bond motifs is 3. The average Bonchev–Trinajstić information content (AvgIpc) is 3.08. The summed E-state index contributed by atoms with van der Waals surface area (Å²) in [5.74, 6) is -0.142. The van der Waals surface area contributed by atoms with E-state index in [0.717, 1.165) is 23.2 Å². The molecule has 0 fully saturated rings. The molecule has 1 aliphatic heterocycles. The quantitative estimate of drug-likeness (QED) is 0.682. The third-order valence-corrected chi connectivity index (χ3v) is 5.24. The van der Waals surface area contributed by atoms with Gasteiger partial charge < -0.3 is 19.9 Å². The molecular formula is C24H27N3O3. The molecule has 2 heterocycles. The fourth-order valence-corrected chi connectivity index (χ4v) is 3.92. The van der Waals surface area contributed by atoms with E-state index in [4.69, 9.17) is 4.74 Å². The van der Waals surface area contributed by atoms with E-state index >= 15 is 0 Å². The zero-order chi connectivity index (χ0) is 21.3. The lowest BCUT2D eigenvalue weighted by molar-refractivity contribution is -0.134. The summed E-state index contributed by atoms with van der Waals surface area (Å²) in [4.78, 5) is 31.1. The molecule has 1 aliphatic rings. The van der Waals surface area contributed by atoms with Gasteiger partial charge in [0.1, 0.15) is 11.6 Å². The van der Waals surface area contributed by atoms with Crippen molar-refractivity contribution in [1.82, 2.24) is 15.2 Å². The molecule has 0 spiro atoms. The number of hydrogen-bond acceptors (Lipinski definition) is 3. The van der Waals surface area contributed by atoms with Crippen LogP contribution in [-0.2, 0) is 22.5 Å². The number of para-hydroxylation sites is 1. The van der Waals surface area contributed by atoms with Crippen molar-refractivity contribution in [2.75, 3.05) is 6.54 Å². The number of carbonyl (C=O) groups excluding carboxylic acids is 2.